The van der Waals surface area contributed by atoms with Crippen molar-refractivity contribution in [1.29, 1.82) is 0 Å². The fourth-order valence-corrected chi connectivity index (χ4v) is 6.99. The van der Waals surface area contributed by atoms with Crippen LogP contribution in [0.2, 0.25) is 0 Å². The number of nitrogens with one attached hydrogen (secondary N) is 2. The zero-order chi connectivity index (χ0) is 37.8. The van der Waals surface area contributed by atoms with Gasteiger partial charge in [0.2, 0.25) is 17.7 Å². The van der Waals surface area contributed by atoms with Crippen molar-refractivity contribution in [1.82, 2.24) is 34.9 Å². The minimum atomic E-state index is -1.14. The minimum Gasteiger partial charge on any atom is -0.388 e. The van der Waals surface area contributed by atoms with E-state index in [2.05, 4.69) is 27.6 Å². The maximum absolute atomic E-state index is 13.6. The lowest BCUT2D eigenvalue weighted by atomic mass is 9.90. The first-order valence-electron chi connectivity index (χ1n) is 18.9. The van der Waals surface area contributed by atoms with Crippen LogP contribution in [-0.4, -0.2) is 78.8 Å². The van der Waals surface area contributed by atoms with E-state index in [-0.39, 0.29) is 47.8 Å². The molecule has 1 unspecified atom stereocenters. The lowest BCUT2D eigenvalue weighted by molar-refractivity contribution is -0.136. The molecule has 2 aromatic heterocycles. The first kappa shape index (κ1) is 39.3. The Balaban J connectivity index is 1.08. The van der Waals surface area contributed by atoms with Crippen molar-refractivity contribution < 1.29 is 19.5 Å². The topological polar surface area (TPSA) is 177 Å². The van der Waals surface area contributed by atoms with E-state index in [1.807, 2.05) is 59.5 Å². The summed E-state index contributed by atoms with van der Waals surface area (Å²) in [5.74, 6) is -0.111. The van der Waals surface area contributed by atoms with E-state index in [9.17, 15) is 24.3 Å². The zero-order valence-corrected chi connectivity index (χ0v) is 31.1. The quantitative estimate of drug-likeness (QED) is 0.106. The number of aryl methyl sites for hydroxylation is 1. The predicted octanol–water partition coefficient (Wildman–Crippen LogP) is 3.77. The molecule has 4 aromatic rings. The minimum absolute atomic E-state index is 0.0435. The molecular formula is C40H54N8O5. The number of hydrogen-bond acceptors (Lipinski definition) is 8. The fraction of sp³-hybridized carbons (Fsp3) is 0.500. The van der Waals surface area contributed by atoms with Gasteiger partial charge in [-0.05, 0) is 42.7 Å². The summed E-state index contributed by atoms with van der Waals surface area (Å²) < 4.78 is 3.08. The maximum atomic E-state index is 13.6. The van der Waals surface area contributed by atoms with Crippen molar-refractivity contribution >= 4 is 28.8 Å². The van der Waals surface area contributed by atoms with Gasteiger partial charge in [-0.1, -0.05) is 87.2 Å². The Morgan fingerprint density at radius 3 is 2.32 bits per heavy atom. The van der Waals surface area contributed by atoms with Crippen LogP contribution >= 0.6 is 0 Å². The molecule has 0 radical (unpaired) electrons. The maximum Gasteiger partial charge on any atom is 0.281 e. The van der Waals surface area contributed by atoms with Gasteiger partial charge >= 0.3 is 0 Å². The molecule has 1 atom stereocenters. The second kappa shape index (κ2) is 18.7. The van der Waals surface area contributed by atoms with Crippen LogP contribution in [0.3, 0.4) is 0 Å². The Morgan fingerprint density at radius 2 is 1.62 bits per heavy atom. The number of hydrogen-bond donors (Lipinski definition) is 4. The summed E-state index contributed by atoms with van der Waals surface area (Å²) in [5.41, 5.74) is 8.11. The van der Waals surface area contributed by atoms with Crippen LogP contribution < -0.4 is 21.9 Å². The third kappa shape index (κ3) is 11.1. The summed E-state index contributed by atoms with van der Waals surface area (Å²) in [6, 6.07) is 17.8. The molecule has 53 heavy (non-hydrogen) atoms. The molecule has 0 saturated carbocycles. The summed E-state index contributed by atoms with van der Waals surface area (Å²) in [5, 5.41) is 22.1. The second-order valence-corrected chi connectivity index (χ2v) is 14.5. The monoisotopic (exact) mass is 726 g/mol. The Morgan fingerprint density at radius 1 is 0.943 bits per heavy atom. The average molecular weight is 727 g/mol. The van der Waals surface area contributed by atoms with Gasteiger partial charge in [0.05, 0.1) is 30.7 Å². The van der Waals surface area contributed by atoms with Gasteiger partial charge in [-0.15, -0.1) is 0 Å². The van der Waals surface area contributed by atoms with Crippen LogP contribution in [0.4, 0.5) is 0 Å². The number of carbonyl (C=O) groups excluding carboxylic acids is 3. The number of amides is 3. The molecule has 1 fully saturated rings. The molecule has 284 valence electrons. The number of aromatic nitrogens is 4. The van der Waals surface area contributed by atoms with E-state index in [1.54, 1.807) is 11.7 Å². The van der Waals surface area contributed by atoms with Gasteiger partial charge in [0, 0.05) is 51.6 Å². The van der Waals surface area contributed by atoms with Crippen molar-refractivity contribution in [2.24, 2.45) is 12.8 Å². The number of fused-ring (bicyclic) bond motifs is 1. The van der Waals surface area contributed by atoms with E-state index in [4.69, 9.17) is 5.73 Å². The first-order valence-corrected chi connectivity index (χ1v) is 18.9. The molecule has 0 spiro atoms. The highest BCUT2D eigenvalue weighted by Crippen LogP contribution is 2.28. The van der Waals surface area contributed by atoms with Gasteiger partial charge in [0.25, 0.3) is 5.56 Å². The first-order chi connectivity index (χ1) is 25.5. The number of nitrogens with two attached hydrogens (primary N) is 1. The second-order valence-electron chi connectivity index (χ2n) is 14.5. The number of unbranched alkanes of at least 4 members (excludes halogenated alkanes) is 5. The Bertz CT molecular complexity index is 1880. The van der Waals surface area contributed by atoms with E-state index < -0.39 is 5.60 Å². The van der Waals surface area contributed by atoms with Crippen molar-refractivity contribution in [3.05, 3.63) is 82.4 Å². The van der Waals surface area contributed by atoms with E-state index in [1.165, 1.54) is 10.9 Å². The number of carbonyl (C=O) groups is 3. The molecule has 2 aromatic carbocycles. The van der Waals surface area contributed by atoms with E-state index in [0.717, 1.165) is 55.2 Å². The van der Waals surface area contributed by atoms with E-state index >= 15 is 0 Å². The van der Waals surface area contributed by atoms with Crippen LogP contribution in [0.15, 0.2) is 65.7 Å². The van der Waals surface area contributed by atoms with Crippen molar-refractivity contribution in [3.8, 4) is 11.3 Å². The fourth-order valence-electron chi connectivity index (χ4n) is 6.99. The van der Waals surface area contributed by atoms with Gasteiger partial charge < -0.3 is 26.4 Å². The molecule has 1 saturated heterocycles. The highest BCUT2D eigenvalue weighted by atomic mass is 16.3. The number of piperidine rings is 1. The van der Waals surface area contributed by atoms with E-state index in [0.29, 0.717) is 63.1 Å². The Kier molecular flexibility index (Phi) is 13.9. The third-order valence-electron chi connectivity index (χ3n) is 10.2. The molecule has 1 aliphatic rings. The molecule has 5 N–H and O–H groups in total. The largest absolute Gasteiger partial charge is 0.388 e. The molecule has 13 heteroatoms. The highest BCUT2D eigenvalue weighted by molar-refractivity contribution is 5.89. The molecule has 0 aliphatic carbocycles. The molecular weight excluding hydrogens is 672 g/mol. The van der Waals surface area contributed by atoms with Crippen LogP contribution in [0.25, 0.3) is 22.3 Å². The number of primary amides is 1. The zero-order valence-electron chi connectivity index (χ0n) is 31.1. The van der Waals surface area contributed by atoms with Gasteiger partial charge in [-0.25, -0.2) is 4.98 Å². The molecule has 1 aliphatic heterocycles. The summed E-state index contributed by atoms with van der Waals surface area (Å²) in [6.07, 6.45) is 9.03. The summed E-state index contributed by atoms with van der Waals surface area (Å²) in [6.45, 7) is 4.37. The van der Waals surface area contributed by atoms with Gasteiger partial charge in [-0.3, -0.25) is 28.4 Å². The summed E-state index contributed by atoms with van der Waals surface area (Å²) >= 11 is 0. The summed E-state index contributed by atoms with van der Waals surface area (Å²) in [4.78, 5) is 56.1. The highest BCUT2D eigenvalue weighted by Gasteiger charge is 2.35. The third-order valence-corrected chi connectivity index (χ3v) is 10.2. The average Bonchev–Trinajstić information content (AvgIpc) is 3.49. The lowest BCUT2D eigenvalue weighted by Crippen LogP contribution is -2.49. The van der Waals surface area contributed by atoms with Crippen molar-refractivity contribution in [3.63, 3.8) is 0 Å². The van der Waals surface area contributed by atoms with Crippen LogP contribution in [0.1, 0.15) is 88.2 Å². The number of rotatable bonds is 19. The van der Waals surface area contributed by atoms with Gasteiger partial charge in [0.15, 0.2) is 5.52 Å². The molecule has 0 bridgehead atoms. The smallest absolute Gasteiger partial charge is 0.281 e. The normalized spacial score (nSPS) is 14.7. The molecule has 3 heterocycles. The van der Waals surface area contributed by atoms with Crippen molar-refractivity contribution in [2.75, 3.05) is 26.2 Å². The standard InChI is InChI=1S/C40H54N8O5/c1-29(31-12-8-7-9-13-31)24-35(51)47-22-19-40(53,20-23-47)27-48-28-44-36-37(39(48)52)45-46(2)38(36)32-17-15-30(16-18-32)25-42-26-34(50)43-21-11-6-4-3-5-10-14-33(41)49/h7-9,12-13,15-18,28-29,42,53H,3-6,10-11,14,19-27H2,1-2H3,(H2,41,49)(H,43,50). The number of benzene rings is 2. The Labute approximate surface area is 311 Å². The predicted molar refractivity (Wildman–Crippen MR) is 205 cm³/mol. The van der Waals surface area contributed by atoms with Gasteiger partial charge in [-0.2, -0.15) is 5.10 Å². The van der Waals surface area contributed by atoms with Crippen LogP contribution in [0.5, 0.6) is 0 Å². The SMILES string of the molecule is CC(CC(=O)N1CCC(O)(Cn2cnc3c(-c4ccc(CNCC(=O)NCCCCCCCCC(N)=O)cc4)n(C)nc3c2=O)CC1)c1ccccc1. The molecule has 5 rings (SSSR count). The summed E-state index contributed by atoms with van der Waals surface area (Å²) in [7, 11) is 1.78. The number of likely N-dealkylation sites (tertiary alicyclic amines) is 1. The van der Waals surface area contributed by atoms with Gasteiger partial charge in [0.1, 0.15) is 5.52 Å². The molecule has 13 nitrogen and oxygen atoms in total. The van der Waals surface area contributed by atoms with Crippen LogP contribution in [0, 0.1) is 0 Å². The Hall–Kier alpha value is -4.88. The number of aliphatic hydroxyl groups is 1. The van der Waals surface area contributed by atoms with Crippen LogP contribution in [-0.2, 0) is 34.5 Å². The lowest BCUT2D eigenvalue weighted by Gasteiger charge is -2.38. The molecule has 3 amide bonds. The van der Waals surface area contributed by atoms with Crippen molar-refractivity contribution in [2.45, 2.75) is 95.7 Å². The number of nitrogens with zero attached hydrogens (tertiary/aromatic N) is 5.